The maximum atomic E-state index is 14.1. The fourth-order valence-electron chi connectivity index (χ4n) is 5.30. The Kier molecular flexibility index (Phi) is 13.0. The Morgan fingerprint density at radius 1 is 0.804 bits per heavy atom. The molecule has 248 valence electrons. The van der Waals surface area contributed by atoms with Crippen LogP contribution in [0, 0.1) is 23.1 Å². The van der Waals surface area contributed by atoms with E-state index in [9.17, 15) is 18.8 Å². The zero-order valence-electron chi connectivity index (χ0n) is 28.4. The first-order valence-electron chi connectivity index (χ1n) is 16.2. The Morgan fingerprint density at radius 2 is 1.39 bits per heavy atom. The van der Waals surface area contributed by atoms with Gasteiger partial charge in [0.05, 0.1) is 5.92 Å². The second kappa shape index (κ2) is 16.5. The Morgan fingerprint density at radius 3 is 1.93 bits per heavy atom. The molecule has 0 bridgehead atoms. The maximum Gasteiger partial charge on any atom is 0.309 e. The van der Waals surface area contributed by atoms with E-state index in [0.29, 0.717) is 31.4 Å². The first-order valence-corrected chi connectivity index (χ1v) is 16.2. The van der Waals surface area contributed by atoms with E-state index in [1.807, 2.05) is 65.8 Å². The van der Waals surface area contributed by atoms with Gasteiger partial charge in [-0.3, -0.25) is 19.4 Å². The largest absolute Gasteiger partial charge is 0.460 e. The SMILES string of the molecule is CCCC[C@@H](C[C@@H](CCc1ccc(-c2ccc(F)cc2)cc1)C(=O)N[C@H](C(=O)Nc1ccncc1)C(C)(C)C)C(=O)OC(C)(C)C. The van der Waals surface area contributed by atoms with Crippen LogP contribution in [0.15, 0.2) is 73.1 Å². The van der Waals surface area contributed by atoms with Crippen molar-refractivity contribution < 1.29 is 23.5 Å². The first-order chi connectivity index (χ1) is 21.7. The normalized spacial score (nSPS) is 13.7. The van der Waals surface area contributed by atoms with Crippen LogP contribution in [0.4, 0.5) is 10.1 Å². The minimum atomic E-state index is -0.818. The molecule has 0 unspecified atom stereocenters. The van der Waals surface area contributed by atoms with Gasteiger partial charge in [-0.05, 0) is 92.8 Å². The molecule has 0 aliphatic heterocycles. The lowest BCUT2D eigenvalue weighted by Crippen LogP contribution is -2.53. The van der Waals surface area contributed by atoms with Crippen LogP contribution in [-0.2, 0) is 25.5 Å². The number of anilines is 1. The molecule has 3 atom stereocenters. The molecule has 3 rings (SSSR count). The molecule has 0 spiro atoms. The van der Waals surface area contributed by atoms with E-state index < -0.39 is 28.9 Å². The molecular formula is C38H50FN3O4. The van der Waals surface area contributed by atoms with Crippen molar-refractivity contribution in [2.75, 3.05) is 5.32 Å². The lowest BCUT2D eigenvalue weighted by atomic mass is 9.83. The average molecular weight is 632 g/mol. The highest BCUT2D eigenvalue weighted by molar-refractivity contribution is 5.98. The van der Waals surface area contributed by atoms with Gasteiger partial charge in [-0.25, -0.2) is 4.39 Å². The van der Waals surface area contributed by atoms with Crippen molar-refractivity contribution in [2.24, 2.45) is 17.3 Å². The second-order valence-corrected chi connectivity index (χ2v) is 14.1. The Bertz CT molecular complexity index is 1410. The van der Waals surface area contributed by atoms with Gasteiger partial charge in [0.25, 0.3) is 0 Å². The summed E-state index contributed by atoms with van der Waals surface area (Å²) in [4.78, 5) is 44.9. The highest BCUT2D eigenvalue weighted by Gasteiger charge is 2.36. The standard InChI is InChI=1S/C38H50FN3O4/c1-8-9-10-30(36(45)46-38(5,6)7)25-29(16-13-26-11-14-27(15-12-26)28-17-19-31(39)20-18-28)34(43)42-33(37(2,3)4)35(44)41-32-21-23-40-24-22-32/h11-12,14-15,17-24,29-30,33H,8-10,13,16,25H2,1-7H3,(H,42,43)(H,40,41,44)/t29-,30+,33-/m1/s1. The van der Waals surface area contributed by atoms with E-state index in [2.05, 4.69) is 22.5 Å². The number of nitrogens with one attached hydrogen (secondary N) is 2. The van der Waals surface area contributed by atoms with E-state index in [4.69, 9.17) is 4.74 Å². The van der Waals surface area contributed by atoms with Gasteiger partial charge in [-0.1, -0.05) is 76.9 Å². The summed E-state index contributed by atoms with van der Waals surface area (Å²) in [6.45, 7) is 13.3. The number of nitrogens with zero attached hydrogens (tertiary/aromatic N) is 1. The van der Waals surface area contributed by atoms with E-state index >= 15 is 0 Å². The van der Waals surface area contributed by atoms with Gasteiger partial charge in [0.15, 0.2) is 0 Å². The lowest BCUT2D eigenvalue weighted by Gasteiger charge is -2.32. The lowest BCUT2D eigenvalue weighted by molar-refractivity contribution is -0.161. The average Bonchev–Trinajstić information content (AvgIpc) is 2.99. The molecule has 1 heterocycles. The van der Waals surface area contributed by atoms with Gasteiger partial charge >= 0.3 is 5.97 Å². The van der Waals surface area contributed by atoms with Crippen LogP contribution < -0.4 is 10.6 Å². The number of amides is 2. The number of benzene rings is 2. The number of unbranched alkanes of at least 4 members (excludes halogenated alkanes) is 1. The third kappa shape index (κ3) is 11.7. The van der Waals surface area contributed by atoms with Gasteiger partial charge in [-0.2, -0.15) is 0 Å². The molecule has 1 aromatic heterocycles. The predicted molar refractivity (Wildman–Crippen MR) is 181 cm³/mol. The number of pyridine rings is 1. The van der Waals surface area contributed by atoms with E-state index in [1.54, 1.807) is 36.7 Å². The Labute approximate surface area is 273 Å². The first kappa shape index (κ1) is 36.4. The van der Waals surface area contributed by atoms with Crippen LogP contribution in [-0.4, -0.2) is 34.4 Å². The zero-order chi connectivity index (χ0) is 33.9. The molecule has 46 heavy (non-hydrogen) atoms. The number of aromatic nitrogens is 1. The summed E-state index contributed by atoms with van der Waals surface area (Å²) in [6, 6.07) is 16.9. The summed E-state index contributed by atoms with van der Waals surface area (Å²) in [6.07, 6.45) is 6.95. The summed E-state index contributed by atoms with van der Waals surface area (Å²) < 4.78 is 19.2. The van der Waals surface area contributed by atoms with Crippen LogP contribution in [0.2, 0.25) is 0 Å². The third-order valence-corrected chi connectivity index (χ3v) is 7.86. The molecule has 3 aromatic rings. The number of ether oxygens (including phenoxy) is 1. The fourth-order valence-corrected chi connectivity index (χ4v) is 5.30. The molecule has 0 saturated heterocycles. The molecule has 2 aromatic carbocycles. The number of esters is 1. The monoisotopic (exact) mass is 631 g/mol. The van der Waals surface area contributed by atoms with Gasteiger partial charge in [0.2, 0.25) is 11.8 Å². The molecule has 0 aliphatic carbocycles. The quantitative estimate of drug-likeness (QED) is 0.175. The minimum absolute atomic E-state index is 0.266. The Balaban J connectivity index is 1.85. The van der Waals surface area contributed by atoms with Crippen molar-refractivity contribution in [1.82, 2.24) is 10.3 Å². The molecule has 2 amide bonds. The highest BCUT2D eigenvalue weighted by Crippen LogP contribution is 2.28. The van der Waals surface area contributed by atoms with Crippen molar-refractivity contribution >= 4 is 23.5 Å². The van der Waals surface area contributed by atoms with Crippen LogP contribution in [0.25, 0.3) is 11.1 Å². The summed E-state index contributed by atoms with van der Waals surface area (Å²) in [7, 11) is 0. The van der Waals surface area contributed by atoms with Crippen molar-refractivity contribution in [3.05, 3.63) is 84.4 Å². The summed E-state index contributed by atoms with van der Waals surface area (Å²) in [5, 5.41) is 5.94. The summed E-state index contributed by atoms with van der Waals surface area (Å²) in [5.74, 6) is -2.16. The molecule has 7 nitrogen and oxygen atoms in total. The molecule has 0 aliphatic rings. The van der Waals surface area contributed by atoms with E-state index in [0.717, 1.165) is 29.5 Å². The smallest absolute Gasteiger partial charge is 0.309 e. The van der Waals surface area contributed by atoms with Crippen LogP contribution in [0.1, 0.15) is 86.1 Å². The molecule has 2 N–H and O–H groups in total. The Hall–Kier alpha value is -4.07. The minimum Gasteiger partial charge on any atom is -0.460 e. The predicted octanol–water partition coefficient (Wildman–Crippen LogP) is 8.14. The zero-order valence-corrected chi connectivity index (χ0v) is 28.4. The summed E-state index contributed by atoms with van der Waals surface area (Å²) >= 11 is 0. The summed E-state index contributed by atoms with van der Waals surface area (Å²) in [5.41, 5.74) is 2.28. The molecule has 8 heteroatoms. The number of halogens is 1. The number of hydrogen-bond donors (Lipinski definition) is 2. The second-order valence-electron chi connectivity index (χ2n) is 14.1. The molecule has 0 saturated carbocycles. The van der Waals surface area contributed by atoms with Gasteiger partial charge in [-0.15, -0.1) is 0 Å². The van der Waals surface area contributed by atoms with Crippen LogP contribution >= 0.6 is 0 Å². The van der Waals surface area contributed by atoms with E-state index in [-0.39, 0.29) is 23.6 Å². The van der Waals surface area contributed by atoms with Crippen molar-refractivity contribution in [3.63, 3.8) is 0 Å². The van der Waals surface area contributed by atoms with E-state index in [1.165, 1.54) is 12.1 Å². The number of aryl methyl sites for hydroxylation is 1. The fraction of sp³-hybridized carbons (Fsp3) is 0.474. The maximum absolute atomic E-state index is 14.1. The van der Waals surface area contributed by atoms with Crippen molar-refractivity contribution in [2.45, 2.75) is 98.6 Å². The van der Waals surface area contributed by atoms with Crippen molar-refractivity contribution in [3.8, 4) is 11.1 Å². The molecule has 0 radical (unpaired) electrons. The van der Waals surface area contributed by atoms with Gasteiger partial charge < -0.3 is 15.4 Å². The number of hydrogen-bond acceptors (Lipinski definition) is 5. The van der Waals surface area contributed by atoms with Crippen LogP contribution in [0.3, 0.4) is 0 Å². The van der Waals surface area contributed by atoms with Gasteiger partial charge in [0.1, 0.15) is 17.5 Å². The number of carbonyl (C=O) groups excluding carboxylic acids is 3. The van der Waals surface area contributed by atoms with Gasteiger partial charge in [0, 0.05) is 24.0 Å². The highest BCUT2D eigenvalue weighted by atomic mass is 19.1. The number of carbonyl (C=O) groups is 3. The van der Waals surface area contributed by atoms with Crippen molar-refractivity contribution in [1.29, 1.82) is 0 Å². The third-order valence-electron chi connectivity index (χ3n) is 7.86. The van der Waals surface area contributed by atoms with Crippen LogP contribution in [0.5, 0.6) is 0 Å². The topological polar surface area (TPSA) is 97.4 Å². The number of rotatable bonds is 14. The molecule has 0 fully saturated rings. The molecular weight excluding hydrogens is 581 g/mol.